The van der Waals surface area contributed by atoms with E-state index in [1.54, 1.807) is 37.6 Å². The fraction of sp³-hybridized carbons (Fsp3) is 0.176. The van der Waals surface area contributed by atoms with Crippen molar-refractivity contribution in [1.29, 1.82) is 0 Å². The normalized spacial score (nSPS) is 10.6. The number of methoxy groups -OCH3 is 1. The average molecular weight is 282 g/mol. The van der Waals surface area contributed by atoms with Gasteiger partial charge in [-0.2, -0.15) is 5.10 Å². The van der Waals surface area contributed by atoms with E-state index in [0.29, 0.717) is 11.3 Å². The number of benzene rings is 2. The molecule has 0 saturated carbocycles. The van der Waals surface area contributed by atoms with E-state index < -0.39 is 0 Å². The zero-order valence-corrected chi connectivity index (χ0v) is 12.4. The highest BCUT2D eigenvalue weighted by atomic mass is 16.5. The number of hydrazone groups is 1. The molecule has 0 aromatic heterocycles. The van der Waals surface area contributed by atoms with Gasteiger partial charge in [0, 0.05) is 11.1 Å². The van der Waals surface area contributed by atoms with Crippen LogP contribution in [0.25, 0.3) is 0 Å². The molecule has 108 valence electrons. The number of carbonyl (C=O) groups is 1. The summed E-state index contributed by atoms with van der Waals surface area (Å²) >= 11 is 0. The minimum atomic E-state index is -0.267. The van der Waals surface area contributed by atoms with Crippen molar-refractivity contribution in [3.05, 3.63) is 64.7 Å². The van der Waals surface area contributed by atoms with E-state index in [1.807, 2.05) is 32.0 Å². The predicted octanol–water partition coefficient (Wildman–Crippen LogP) is 3.08. The number of amides is 1. The van der Waals surface area contributed by atoms with Crippen molar-refractivity contribution in [2.24, 2.45) is 5.10 Å². The average Bonchev–Trinajstić information content (AvgIpc) is 2.50. The summed E-state index contributed by atoms with van der Waals surface area (Å²) in [5, 5.41) is 4.03. The number of ether oxygens (including phenoxy) is 1. The first-order valence-corrected chi connectivity index (χ1v) is 6.65. The first kappa shape index (κ1) is 14.8. The number of hydrogen-bond donors (Lipinski definition) is 1. The van der Waals surface area contributed by atoms with Crippen LogP contribution in [0.1, 0.15) is 27.0 Å². The van der Waals surface area contributed by atoms with Crippen LogP contribution in [0.3, 0.4) is 0 Å². The van der Waals surface area contributed by atoms with Gasteiger partial charge in [-0.25, -0.2) is 5.43 Å². The number of nitrogens with zero attached hydrogens (tertiary/aromatic N) is 1. The Morgan fingerprint density at radius 2 is 1.81 bits per heavy atom. The molecule has 4 nitrogen and oxygen atoms in total. The molecule has 2 aromatic carbocycles. The third-order valence-electron chi connectivity index (χ3n) is 3.23. The Balaban J connectivity index is 2.08. The van der Waals surface area contributed by atoms with Gasteiger partial charge >= 0.3 is 0 Å². The second-order valence-corrected chi connectivity index (χ2v) is 4.74. The summed E-state index contributed by atoms with van der Waals surface area (Å²) in [6, 6.07) is 13.0. The van der Waals surface area contributed by atoms with Crippen LogP contribution in [0.5, 0.6) is 5.75 Å². The van der Waals surface area contributed by atoms with Crippen molar-refractivity contribution >= 4 is 12.1 Å². The number of carbonyl (C=O) groups excluding carboxylic acids is 1. The summed E-state index contributed by atoms with van der Waals surface area (Å²) in [6.45, 7) is 4.02. The van der Waals surface area contributed by atoms with Gasteiger partial charge in [0.05, 0.1) is 13.3 Å². The van der Waals surface area contributed by atoms with Crippen LogP contribution >= 0.6 is 0 Å². The summed E-state index contributed by atoms with van der Waals surface area (Å²) < 4.78 is 5.09. The maximum Gasteiger partial charge on any atom is 0.271 e. The quantitative estimate of drug-likeness (QED) is 0.692. The summed E-state index contributed by atoms with van der Waals surface area (Å²) in [7, 11) is 1.57. The standard InChI is InChI=1S/C17H18N2O2/c1-12-6-4-7-13(2)16(12)11-18-19-17(20)14-8-5-9-15(10-14)21-3/h4-11H,1-3H3,(H,19,20)/b18-11-. The number of nitrogens with one attached hydrogen (secondary N) is 1. The molecule has 1 N–H and O–H groups in total. The van der Waals surface area contributed by atoms with Crippen molar-refractivity contribution < 1.29 is 9.53 Å². The van der Waals surface area contributed by atoms with E-state index in [1.165, 1.54) is 0 Å². The van der Waals surface area contributed by atoms with Gasteiger partial charge in [-0.1, -0.05) is 24.3 Å². The summed E-state index contributed by atoms with van der Waals surface area (Å²) in [5.74, 6) is 0.373. The zero-order valence-electron chi connectivity index (χ0n) is 12.4. The Bertz CT molecular complexity index is 658. The van der Waals surface area contributed by atoms with Crippen LogP contribution in [-0.2, 0) is 0 Å². The molecule has 21 heavy (non-hydrogen) atoms. The molecule has 0 unspecified atom stereocenters. The van der Waals surface area contributed by atoms with Gasteiger partial charge in [0.2, 0.25) is 0 Å². The Kier molecular flexibility index (Phi) is 4.72. The highest BCUT2D eigenvalue weighted by molar-refractivity contribution is 5.95. The fourth-order valence-electron chi connectivity index (χ4n) is 2.02. The second kappa shape index (κ2) is 6.70. The van der Waals surface area contributed by atoms with Gasteiger partial charge in [-0.15, -0.1) is 0 Å². The van der Waals surface area contributed by atoms with E-state index in [4.69, 9.17) is 4.74 Å². The van der Waals surface area contributed by atoms with Crippen LogP contribution in [-0.4, -0.2) is 19.2 Å². The van der Waals surface area contributed by atoms with E-state index in [2.05, 4.69) is 10.5 Å². The van der Waals surface area contributed by atoms with Crippen LogP contribution in [0, 0.1) is 13.8 Å². The Morgan fingerprint density at radius 1 is 1.14 bits per heavy atom. The largest absolute Gasteiger partial charge is 0.497 e. The topological polar surface area (TPSA) is 50.7 Å². The zero-order chi connectivity index (χ0) is 15.2. The highest BCUT2D eigenvalue weighted by Crippen LogP contribution is 2.12. The molecular formula is C17H18N2O2. The van der Waals surface area contributed by atoms with Crippen LogP contribution in [0.15, 0.2) is 47.6 Å². The first-order chi connectivity index (χ1) is 10.1. The smallest absolute Gasteiger partial charge is 0.271 e. The molecule has 2 rings (SSSR count). The molecule has 0 aliphatic heterocycles. The molecule has 4 heteroatoms. The Morgan fingerprint density at radius 3 is 2.48 bits per heavy atom. The van der Waals surface area contributed by atoms with Gasteiger partial charge in [-0.05, 0) is 43.2 Å². The molecule has 0 heterocycles. The molecule has 0 spiro atoms. The first-order valence-electron chi connectivity index (χ1n) is 6.65. The van der Waals surface area contributed by atoms with E-state index >= 15 is 0 Å². The predicted molar refractivity (Wildman–Crippen MR) is 84.0 cm³/mol. The van der Waals surface area contributed by atoms with Crippen molar-refractivity contribution in [3.63, 3.8) is 0 Å². The van der Waals surface area contributed by atoms with Crippen molar-refractivity contribution in [1.82, 2.24) is 5.43 Å². The minimum absolute atomic E-state index is 0.267. The summed E-state index contributed by atoms with van der Waals surface area (Å²) in [5.41, 5.74) is 6.29. The Hall–Kier alpha value is -2.62. The molecule has 0 bridgehead atoms. The van der Waals surface area contributed by atoms with Gasteiger partial charge in [-0.3, -0.25) is 4.79 Å². The van der Waals surface area contributed by atoms with Crippen LogP contribution in [0.2, 0.25) is 0 Å². The van der Waals surface area contributed by atoms with E-state index in [-0.39, 0.29) is 5.91 Å². The maximum absolute atomic E-state index is 12.0. The van der Waals surface area contributed by atoms with E-state index in [0.717, 1.165) is 16.7 Å². The van der Waals surface area contributed by atoms with Crippen molar-refractivity contribution in [2.75, 3.05) is 7.11 Å². The molecule has 0 aliphatic carbocycles. The number of aryl methyl sites for hydroxylation is 2. The summed E-state index contributed by atoms with van der Waals surface area (Å²) in [6.07, 6.45) is 1.67. The van der Waals surface area contributed by atoms with Crippen molar-refractivity contribution in [3.8, 4) is 5.75 Å². The van der Waals surface area contributed by atoms with Gasteiger partial charge in [0.1, 0.15) is 5.75 Å². The second-order valence-electron chi connectivity index (χ2n) is 4.74. The van der Waals surface area contributed by atoms with Gasteiger partial charge < -0.3 is 4.74 Å². The molecule has 0 atom stereocenters. The van der Waals surface area contributed by atoms with Gasteiger partial charge in [0.25, 0.3) is 5.91 Å². The van der Waals surface area contributed by atoms with Crippen LogP contribution < -0.4 is 10.2 Å². The maximum atomic E-state index is 12.0. The lowest BCUT2D eigenvalue weighted by Crippen LogP contribution is -2.17. The van der Waals surface area contributed by atoms with E-state index in [9.17, 15) is 4.79 Å². The fourth-order valence-corrected chi connectivity index (χ4v) is 2.02. The van der Waals surface area contributed by atoms with Gasteiger partial charge in [0.15, 0.2) is 0 Å². The molecule has 0 aliphatic rings. The van der Waals surface area contributed by atoms with Crippen LogP contribution in [0.4, 0.5) is 0 Å². The Labute approximate surface area is 124 Å². The molecule has 0 radical (unpaired) electrons. The number of rotatable bonds is 4. The van der Waals surface area contributed by atoms with Crippen molar-refractivity contribution in [2.45, 2.75) is 13.8 Å². The lowest BCUT2D eigenvalue weighted by atomic mass is 10.0. The molecule has 0 fully saturated rings. The lowest BCUT2D eigenvalue weighted by molar-refractivity contribution is 0.0955. The monoisotopic (exact) mass is 282 g/mol. The SMILES string of the molecule is COc1cccc(C(=O)N/N=C\c2c(C)cccc2C)c1. The third-order valence-corrected chi connectivity index (χ3v) is 3.23. The third kappa shape index (κ3) is 3.69. The number of hydrogen-bond acceptors (Lipinski definition) is 3. The molecule has 0 saturated heterocycles. The minimum Gasteiger partial charge on any atom is -0.497 e. The molecule has 1 amide bonds. The molecule has 2 aromatic rings. The molecular weight excluding hydrogens is 264 g/mol. The lowest BCUT2D eigenvalue weighted by Gasteiger charge is -2.05. The summed E-state index contributed by atoms with van der Waals surface area (Å²) in [4.78, 5) is 12.0. The highest BCUT2D eigenvalue weighted by Gasteiger charge is 2.05.